The molecule has 0 radical (unpaired) electrons. The Morgan fingerprint density at radius 2 is 2.38 bits per heavy atom. The van der Waals surface area contributed by atoms with E-state index in [-0.39, 0.29) is 6.42 Å². The number of nitrogens with zero attached hydrogens (tertiary/aromatic N) is 2. The number of ether oxygens (including phenoxy) is 1. The largest absolute Gasteiger partial charge is 0.481 e. The fourth-order valence-electron chi connectivity index (χ4n) is 3.11. The van der Waals surface area contributed by atoms with Crippen molar-refractivity contribution >= 4 is 5.97 Å². The standard InChI is InChI=1S/C15H24N2O4/c1-3-20-15(9-5-6-11(2)10-15)14-16-12(21-17-14)7-4-8-13(18)19/h11H,3-10H2,1-2H3,(H,18,19). The first kappa shape index (κ1) is 15.9. The van der Waals surface area contributed by atoms with Crippen LogP contribution in [0.15, 0.2) is 4.52 Å². The first-order chi connectivity index (χ1) is 10.1. The minimum Gasteiger partial charge on any atom is -0.481 e. The maximum Gasteiger partial charge on any atom is 0.303 e. The third-order valence-corrected chi connectivity index (χ3v) is 4.03. The van der Waals surface area contributed by atoms with Crippen molar-refractivity contribution in [2.75, 3.05) is 6.61 Å². The first-order valence-electron chi connectivity index (χ1n) is 7.74. The van der Waals surface area contributed by atoms with Crippen LogP contribution in [0.4, 0.5) is 0 Å². The van der Waals surface area contributed by atoms with E-state index in [1.807, 2.05) is 6.92 Å². The number of carboxylic acids is 1. The highest BCUT2D eigenvalue weighted by Gasteiger charge is 2.41. The smallest absolute Gasteiger partial charge is 0.303 e. The molecule has 0 aliphatic heterocycles. The zero-order valence-corrected chi connectivity index (χ0v) is 12.8. The molecular formula is C15H24N2O4. The van der Waals surface area contributed by atoms with Gasteiger partial charge in [-0.05, 0) is 38.5 Å². The molecule has 21 heavy (non-hydrogen) atoms. The molecule has 1 aromatic heterocycles. The van der Waals surface area contributed by atoms with Crippen LogP contribution in [-0.2, 0) is 21.6 Å². The van der Waals surface area contributed by atoms with Gasteiger partial charge in [0.05, 0.1) is 0 Å². The third-order valence-electron chi connectivity index (χ3n) is 4.03. The third kappa shape index (κ3) is 4.03. The monoisotopic (exact) mass is 296 g/mol. The highest BCUT2D eigenvalue weighted by Crippen LogP contribution is 2.41. The van der Waals surface area contributed by atoms with E-state index in [1.165, 1.54) is 6.42 Å². The Balaban J connectivity index is 2.07. The molecule has 0 aromatic carbocycles. The lowest BCUT2D eigenvalue weighted by Gasteiger charge is -2.37. The van der Waals surface area contributed by atoms with Crippen LogP contribution in [0.5, 0.6) is 0 Å². The van der Waals surface area contributed by atoms with E-state index in [1.54, 1.807) is 0 Å². The summed E-state index contributed by atoms with van der Waals surface area (Å²) in [6.07, 6.45) is 5.26. The molecule has 6 nitrogen and oxygen atoms in total. The summed E-state index contributed by atoms with van der Waals surface area (Å²) in [6.45, 7) is 4.82. The maximum atomic E-state index is 10.5. The van der Waals surface area contributed by atoms with Crippen molar-refractivity contribution < 1.29 is 19.2 Å². The van der Waals surface area contributed by atoms with Crippen molar-refractivity contribution in [2.24, 2.45) is 5.92 Å². The molecule has 1 fully saturated rings. The number of rotatable bonds is 7. The van der Waals surface area contributed by atoms with E-state index in [4.69, 9.17) is 14.4 Å². The molecule has 1 aliphatic rings. The van der Waals surface area contributed by atoms with Crippen LogP contribution in [0.25, 0.3) is 0 Å². The lowest BCUT2D eigenvalue weighted by atomic mass is 9.78. The Morgan fingerprint density at radius 1 is 1.57 bits per heavy atom. The Morgan fingerprint density at radius 3 is 3.05 bits per heavy atom. The van der Waals surface area contributed by atoms with E-state index >= 15 is 0 Å². The number of hydrogen-bond donors (Lipinski definition) is 1. The molecule has 2 unspecified atom stereocenters. The zero-order chi connectivity index (χ0) is 15.3. The zero-order valence-electron chi connectivity index (χ0n) is 12.8. The van der Waals surface area contributed by atoms with E-state index in [0.717, 1.165) is 19.3 Å². The second-order valence-electron chi connectivity index (χ2n) is 5.89. The van der Waals surface area contributed by atoms with Gasteiger partial charge in [0.25, 0.3) is 0 Å². The number of hydrogen-bond acceptors (Lipinski definition) is 5. The molecule has 0 saturated heterocycles. The minimum atomic E-state index is -0.804. The predicted molar refractivity (Wildman–Crippen MR) is 75.8 cm³/mol. The summed E-state index contributed by atoms with van der Waals surface area (Å²) in [5.41, 5.74) is -0.430. The lowest BCUT2D eigenvalue weighted by molar-refractivity contribution is -0.137. The average molecular weight is 296 g/mol. The highest BCUT2D eigenvalue weighted by atomic mass is 16.5. The van der Waals surface area contributed by atoms with Crippen LogP contribution in [0.3, 0.4) is 0 Å². The number of aryl methyl sites for hydroxylation is 1. The SMILES string of the molecule is CCOC1(c2noc(CCCC(=O)O)n2)CCCC(C)C1. The van der Waals surface area contributed by atoms with Gasteiger partial charge in [-0.25, -0.2) is 0 Å². The molecule has 118 valence electrons. The molecule has 1 saturated carbocycles. The van der Waals surface area contributed by atoms with Gasteiger partial charge in [0, 0.05) is 19.4 Å². The second kappa shape index (κ2) is 7.02. The van der Waals surface area contributed by atoms with Crippen LogP contribution in [0, 0.1) is 5.92 Å². The van der Waals surface area contributed by atoms with Crippen LogP contribution >= 0.6 is 0 Å². The summed E-state index contributed by atoms with van der Waals surface area (Å²) in [4.78, 5) is 15.0. The lowest BCUT2D eigenvalue weighted by Crippen LogP contribution is -2.36. The Bertz CT molecular complexity index is 470. The number of carbonyl (C=O) groups is 1. The van der Waals surface area contributed by atoms with Gasteiger partial charge in [-0.1, -0.05) is 18.5 Å². The molecule has 6 heteroatoms. The van der Waals surface area contributed by atoms with Crippen LogP contribution < -0.4 is 0 Å². The summed E-state index contributed by atoms with van der Waals surface area (Å²) in [7, 11) is 0. The van der Waals surface area contributed by atoms with E-state index in [2.05, 4.69) is 17.1 Å². The molecule has 2 atom stereocenters. The summed E-state index contributed by atoms with van der Waals surface area (Å²) in [5, 5.41) is 12.8. The van der Waals surface area contributed by atoms with Crippen molar-refractivity contribution in [2.45, 2.75) is 64.4 Å². The van der Waals surface area contributed by atoms with E-state index < -0.39 is 11.6 Å². The molecule has 0 amide bonds. The predicted octanol–water partition coefficient (Wildman–Crippen LogP) is 2.92. The highest BCUT2D eigenvalue weighted by molar-refractivity contribution is 5.66. The van der Waals surface area contributed by atoms with Crippen molar-refractivity contribution in [3.05, 3.63) is 11.7 Å². The Hall–Kier alpha value is -1.43. The maximum absolute atomic E-state index is 10.5. The topological polar surface area (TPSA) is 85.5 Å². The average Bonchev–Trinajstić information content (AvgIpc) is 2.88. The van der Waals surface area contributed by atoms with Gasteiger partial charge in [-0.2, -0.15) is 4.98 Å². The number of aliphatic carboxylic acids is 1. The Kier molecular flexibility index (Phi) is 5.33. The first-order valence-corrected chi connectivity index (χ1v) is 7.74. The summed E-state index contributed by atoms with van der Waals surface area (Å²) in [6, 6.07) is 0. The van der Waals surface area contributed by atoms with Gasteiger partial charge in [0.1, 0.15) is 5.60 Å². The fraction of sp³-hybridized carbons (Fsp3) is 0.800. The molecule has 2 rings (SSSR count). The van der Waals surface area contributed by atoms with E-state index in [0.29, 0.717) is 37.1 Å². The molecule has 1 aliphatic carbocycles. The van der Waals surface area contributed by atoms with Crippen molar-refractivity contribution in [1.82, 2.24) is 10.1 Å². The molecule has 0 bridgehead atoms. The van der Waals surface area contributed by atoms with Crippen LogP contribution in [-0.4, -0.2) is 27.8 Å². The quantitative estimate of drug-likeness (QED) is 0.832. The van der Waals surface area contributed by atoms with E-state index in [9.17, 15) is 4.79 Å². The van der Waals surface area contributed by atoms with Crippen molar-refractivity contribution in [3.8, 4) is 0 Å². The van der Waals surface area contributed by atoms with Gasteiger partial charge < -0.3 is 14.4 Å². The Labute approximate surface area is 124 Å². The second-order valence-corrected chi connectivity index (χ2v) is 5.89. The fourth-order valence-corrected chi connectivity index (χ4v) is 3.11. The summed E-state index contributed by atoms with van der Waals surface area (Å²) >= 11 is 0. The summed E-state index contributed by atoms with van der Waals surface area (Å²) in [5.74, 6) is 0.908. The van der Waals surface area contributed by atoms with Gasteiger partial charge in [-0.3, -0.25) is 4.79 Å². The summed E-state index contributed by atoms with van der Waals surface area (Å²) < 4.78 is 11.3. The number of aromatic nitrogens is 2. The normalized spacial score (nSPS) is 25.9. The van der Waals surface area contributed by atoms with Crippen LogP contribution in [0.1, 0.15) is 64.1 Å². The molecule has 0 spiro atoms. The molecule has 1 heterocycles. The molecule has 1 aromatic rings. The van der Waals surface area contributed by atoms with Crippen LogP contribution in [0.2, 0.25) is 0 Å². The minimum absolute atomic E-state index is 0.116. The van der Waals surface area contributed by atoms with Gasteiger partial charge >= 0.3 is 5.97 Å². The van der Waals surface area contributed by atoms with Gasteiger partial charge in [0.15, 0.2) is 0 Å². The molecular weight excluding hydrogens is 272 g/mol. The van der Waals surface area contributed by atoms with Gasteiger partial charge in [0.2, 0.25) is 11.7 Å². The number of carboxylic acid groups (broad SMARTS) is 1. The van der Waals surface area contributed by atoms with Crippen molar-refractivity contribution in [1.29, 1.82) is 0 Å². The van der Waals surface area contributed by atoms with Gasteiger partial charge in [-0.15, -0.1) is 0 Å². The molecule has 1 N–H and O–H groups in total. The van der Waals surface area contributed by atoms with Crippen molar-refractivity contribution in [3.63, 3.8) is 0 Å².